The topological polar surface area (TPSA) is 96.4 Å². The van der Waals surface area contributed by atoms with Crippen molar-refractivity contribution in [2.75, 3.05) is 50.2 Å². The zero-order valence-corrected chi connectivity index (χ0v) is 16.5. The van der Waals surface area contributed by atoms with Gasteiger partial charge in [-0.05, 0) is 24.3 Å². The van der Waals surface area contributed by atoms with Crippen molar-refractivity contribution in [3.05, 3.63) is 30.1 Å². The van der Waals surface area contributed by atoms with Crippen LogP contribution in [-0.4, -0.2) is 66.5 Å². The molecule has 2 aromatic rings. The number of carbonyl (C=O) groups is 2. The molecule has 2 rings (SSSR count). The molecule has 0 aliphatic carbocycles. The van der Waals surface area contributed by atoms with Crippen LogP contribution >= 0.6 is 23.1 Å². The van der Waals surface area contributed by atoms with Crippen molar-refractivity contribution in [1.29, 1.82) is 0 Å². The SMILES string of the molecule is COCCNc1nnc(SCC(=O)N(C)CC(=O)Nc2ccc(F)cc2)s1. The van der Waals surface area contributed by atoms with E-state index in [1.807, 2.05) is 0 Å². The number of nitrogens with zero attached hydrogens (tertiary/aromatic N) is 3. The number of halogens is 1. The van der Waals surface area contributed by atoms with Crippen molar-refractivity contribution in [3.8, 4) is 0 Å². The molecule has 1 aromatic carbocycles. The normalized spacial score (nSPS) is 10.5. The third-order valence-corrected chi connectivity index (χ3v) is 5.24. The molecular weight excluding hydrogens is 393 g/mol. The summed E-state index contributed by atoms with van der Waals surface area (Å²) in [5.41, 5.74) is 0.471. The molecule has 2 amide bonds. The molecule has 0 atom stereocenters. The Morgan fingerprint density at radius 1 is 1.30 bits per heavy atom. The minimum Gasteiger partial charge on any atom is -0.383 e. The molecule has 2 N–H and O–H groups in total. The van der Waals surface area contributed by atoms with Crippen molar-refractivity contribution in [1.82, 2.24) is 15.1 Å². The maximum Gasteiger partial charge on any atom is 0.243 e. The Balaban J connectivity index is 1.73. The van der Waals surface area contributed by atoms with Gasteiger partial charge < -0.3 is 20.3 Å². The summed E-state index contributed by atoms with van der Waals surface area (Å²) in [6.07, 6.45) is 0. The number of methoxy groups -OCH3 is 1. The molecule has 0 radical (unpaired) electrons. The second-order valence-electron chi connectivity index (χ2n) is 5.39. The number of benzene rings is 1. The average Bonchev–Trinajstić information content (AvgIpc) is 3.09. The van der Waals surface area contributed by atoms with Crippen LogP contribution in [-0.2, 0) is 14.3 Å². The molecular formula is C16H20FN5O3S2. The number of aromatic nitrogens is 2. The number of carbonyl (C=O) groups excluding carboxylic acids is 2. The third kappa shape index (κ3) is 7.49. The Morgan fingerprint density at radius 2 is 2.04 bits per heavy atom. The highest BCUT2D eigenvalue weighted by Gasteiger charge is 2.15. The lowest BCUT2D eigenvalue weighted by atomic mass is 10.3. The summed E-state index contributed by atoms with van der Waals surface area (Å²) in [5.74, 6) is -0.806. The second kappa shape index (κ2) is 10.8. The van der Waals surface area contributed by atoms with E-state index < -0.39 is 0 Å². The Morgan fingerprint density at radius 3 is 2.74 bits per heavy atom. The van der Waals surface area contributed by atoms with Crippen LogP contribution in [0, 0.1) is 5.82 Å². The van der Waals surface area contributed by atoms with Gasteiger partial charge in [-0.1, -0.05) is 23.1 Å². The van der Waals surface area contributed by atoms with Crippen LogP contribution in [0.25, 0.3) is 0 Å². The van der Waals surface area contributed by atoms with Gasteiger partial charge in [0.25, 0.3) is 0 Å². The fraction of sp³-hybridized carbons (Fsp3) is 0.375. The maximum absolute atomic E-state index is 12.9. The van der Waals surface area contributed by atoms with Crippen LogP contribution < -0.4 is 10.6 Å². The molecule has 0 fully saturated rings. The minimum atomic E-state index is -0.383. The van der Waals surface area contributed by atoms with E-state index in [4.69, 9.17) is 4.74 Å². The summed E-state index contributed by atoms with van der Waals surface area (Å²) in [6.45, 7) is 1.09. The van der Waals surface area contributed by atoms with Crippen molar-refractivity contribution in [2.24, 2.45) is 0 Å². The van der Waals surface area contributed by atoms with E-state index in [0.29, 0.717) is 28.3 Å². The Labute approximate surface area is 164 Å². The number of amides is 2. The first-order valence-corrected chi connectivity index (χ1v) is 9.76. The number of likely N-dealkylation sites (N-methyl/N-ethyl adjacent to an activating group) is 1. The number of nitrogens with one attached hydrogen (secondary N) is 2. The highest BCUT2D eigenvalue weighted by Crippen LogP contribution is 2.25. The van der Waals surface area contributed by atoms with Gasteiger partial charge in [-0.15, -0.1) is 10.2 Å². The van der Waals surface area contributed by atoms with Crippen LogP contribution in [0.5, 0.6) is 0 Å². The third-order valence-electron chi connectivity index (χ3n) is 3.24. The van der Waals surface area contributed by atoms with E-state index in [1.165, 1.54) is 52.3 Å². The standard InChI is InChI=1S/C16H20FN5O3S2/c1-22(9-13(23)19-12-5-3-11(17)4-6-12)14(24)10-26-16-21-20-15(27-16)18-7-8-25-2/h3-6H,7-10H2,1-2H3,(H,18,20)(H,19,23). The molecule has 0 saturated heterocycles. The van der Waals surface area contributed by atoms with E-state index in [9.17, 15) is 14.0 Å². The summed E-state index contributed by atoms with van der Waals surface area (Å²) in [4.78, 5) is 25.5. The number of rotatable bonds is 10. The predicted molar refractivity (Wildman–Crippen MR) is 104 cm³/mol. The largest absolute Gasteiger partial charge is 0.383 e. The number of hydrogen-bond donors (Lipinski definition) is 2. The summed E-state index contributed by atoms with van der Waals surface area (Å²) in [6, 6.07) is 5.42. The summed E-state index contributed by atoms with van der Waals surface area (Å²) >= 11 is 2.61. The molecule has 0 spiro atoms. The van der Waals surface area contributed by atoms with Crippen LogP contribution in [0.1, 0.15) is 0 Å². The van der Waals surface area contributed by atoms with E-state index >= 15 is 0 Å². The monoisotopic (exact) mass is 413 g/mol. The molecule has 146 valence electrons. The zero-order valence-electron chi connectivity index (χ0n) is 14.9. The lowest BCUT2D eigenvalue weighted by molar-refractivity contribution is -0.131. The number of ether oxygens (including phenoxy) is 1. The lowest BCUT2D eigenvalue weighted by Crippen LogP contribution is -2.35. The van der Waals surface area contributed by atoms with Crippen LogP contribution in [0.15, 0.2) is 28.6 Å². The molecule has 0 saturated carbocycles. The van der Waals surface area contributed by atoms with Crippen LogP contribution in [0.4, 0.5) is 15.2 Å². The summed E-state index contributed by atoms with van der Waals surface area (Å²) in [7, 11) is 3.16. The number of anilines is 2. The van der Waals surface area contributed by atoms with Crippen molar-refractivity contribution in [3.63, 3.8) is 0 Å². The van der Waals surface area contributed by atoms with Gasteiger partial charge in [-0.25, -0.2) is 4.39 Å². The molecule has 1 heterocycles. The molecule has 0 bridgehead atoms. The smallest absolute Gasteiger partial charge is 0.243 e. The molecule has 0 unspecified atom stereocenters. The number of hydrogen-bond acceptors (Lipinski definition) is 8. The van der Waals surface area contributed by atoms with Crippen LogP contribution in [0.2, 0.25) is 0 Å². The number of thioether (sulfide) groups is 1. The lowest BCUT2D eigenvalue weighted by Gasteiger charge is -2.16. The van der Waals surface area contributed by atoms with Gasteiger partial charge in [-0.3, -0.25) is 9.59 Å². The minimum absolute atomic E-state index is 0.100. The van der Waals surface area contributed by atoms with Gasteiger partial charge in [0.2, 0.25) is 16.9 Å². The van der Waals surface area contributed by atoms with Crippen molar-refractivity contribution < 1.29 is 18.7 Å². The fourth-order valence-electron chi connectivity index (χ4n) is 1.87. The summed E-state index contributed by atoms with van der Waals surface area (Å²) in [5, 5.41) is 14.3. The predicted octanol–water partition coefficient (Wildman–Crippen LogP) is 1.92. The maximum atomic E-state index is 12.9. The highest BCUT2D eigenvalue weighted by molar-refractivity contribution is 8.01. The first kappa shape index (κ1) is 21.1. The molecule has 0 aliphatic rings. The fourth-order valence-corrected chi connectivity index (χ4v) is 3.59. The van der Waals surface area contributed by atoms with Gasteiger partial charge in [0.15, 0.2) is 4.34 Å². The van der Waals surface area contributed by atoms with E-state index in [0.717, 1.165) is 0 Å². The van der Waals surface area contributed by atoms with Gasteiger partial charge >= 0.3 is 0 Å². The quantitative estimate of drug-likeness (QED) is 0.454. The molecule has 0 aliphatic heterocycles. The van der Waals surface area contributed by atoms with Crippen molar-refractivity contribution in [2.45, 2.75) is 4.34 Å². The first-order chi connectivity index (χ1) is 13.0. The Kier molecular flexibility index (Phi) is 8.43. The Hall–Kier alpha value is -2.24. The Bertz CT molecular complexity index is 757. The van der Waals surface area contributed by atoms with Crippen molar-refractivity contribution >= 4 is 45.7 Å². The van der Waals surface area contributed by atoms with Gasteiger partial charge in [-0.2, -0.15) is 0 Å². The molecule has 1 aromatic heterocycles. The van der Waals surface area contributed by atoms with Gasteiger partial charge in [0.1, 0.15) is 5.82 Å². The summed E-state index contributed by atoms with van der Waals surface area (Å²) < 4.78 is 18.5. The molecule has 27 heavy (non-hydrogen) atoms. The van der Waals surface area contributed by atoms with E-state index in [1.54, 1.807) is 14.2 Å². The highest BCUT2D eigenvalue weighted by atomic mass is 32.2. The van der Waals surface area contributed by atoms with E-state index in [2.05, 4.69) is 20.8 Å². The average molecular weight is 414 g/mol. The second-order valence-corrected chi connectivity index (χ2v) is 7.59. The first-order valence-electron chi connectivity index (χ1n) is 7.96. The van der Waals surface area contributed by atoms with E-state index in [-0.39, 0.29) is 29.9 Å². The zero-order chi connectivity index (χ0) is 19.6. The van der Waals surface area contributed by atoms with Crippen LogP contribution in [0.3, 0.4) is 0 Å². The molecule has 8 nitrogen and oxygen atoms in total. The molecule has 11 heteroatoms. The van der Waals surface area contributed by atoms with Gasteiger partial charge in [0.05, 0.1) is 18.9 Å². The van der Waals surface area contributed by atoms with Gasteiger partial charge in [0, 0.05) is 26.4 Å².